The summed E-state index contributed by atoms with van der Waals surface area (Å²) in [5.74, 6) is -0.302. The molecule has 0 radical (unpaired) electrons. The van der Waals surface area contributed by atoms with E-state index in [0.29, 0.717) is 50.6 Å². The molecule has 2 saturated heterocycles. The predicted octanol–water partition coefficient (Wildman–Crippen LogP) is 2.43. The number of piperidine rings is 1. The Balaban J connectivity index is 1.33. The summed E-state index contributed by atoms with van der Waals surface area (Å²) < 4.78 is 44.5. The number of carbonyl (C=O) groups excluding carboxylic acids is 3. The van der Waals surface area contributed by atoms with Crippen LogP contribution in [-0.2, 0) is 22.3 Å². The van der Waals surface area contributed by atoms with Gasteiger partial charge in [-0.2, -0.15) is 13.2 Å². The number of pyridine rings is 1. The molecule has 0 atom stereocenters. The first-order valence-corrected chi connectivity index (χ1v) is 16.2. The van der Waals surface area contributed by atoms with Crippen molar-refractivity contribution < 1.29 is 27.6 Å². The lowest BCUT2D eigenvalue weighted by atomic mass is 10.1. The molecule has 0 bridgehead atoms. The van der Waals surface area contributed by atoms with Crippen molar-refractivity contribution in [2.45, 2.75) is 32.0 Å². The molecule has 264 valence electrons. The summed E-state index contributed by atoms with van der Waals surface area (Å²) in [7, 11) is 5.14. The first-order valence-electron chi connectivity index (χ1n) is 16.2. The number of anilines is 2. The van der Waals surface area contributed by atoms with Crippen LogP contribution in [0.4, 0.5) is 29.6 Å². The van der Waals surface area contributed by atoms with Crippen LogP contribution in [0.25, 0.3) is 16.9 Å². The predicted molar refractivity (Wildman–Crippen MR) is 178 cm³/mol. The lowest BCUT2D eigenvalue weighted by molar-refractivity contribution is -0.137. The number of nitrogens with one attached hydrogen (secondary N) is 3. The van der Waals surface area contributed by atoms with Crippen LogP contribution >= 0.6 is 0 Å². The monoisotopic (exact) mass is 685 g/mol. The average molecular weight is 686 g/mol. The summed E-state index contributed by atoms with van der Waals surface area (Å²) in [6.45, 7) is 4.75. The molecular weight excluding hydrogens is 643 g/mol. The minimum absolute atomic E-state index is 0.0742. The number of likely N-dealkylation sites (N-methyl/N-ethyl adjacent to an activating group) is 1. The van der Waals surface area contributed by atoms with Gasteiger partial charge >= 0.3 is 12.2 Å². The Morgan fingerprint density at radius 1 is 1.02 bits per heavy atom. The highest BCUT2D eigenvalue weighted by Gasteiger charge is 2.36. The Labute approximate surface area is 282 Å². The minimum atomic E-state index is -4.76. The first kappa shape index (κ1) is 35.5. The van der Waals surface area contributed by atoms with Crippen molar-refractivity contribution in [1.82, 2.24) is 44.9 Å². The molecule has 17 heteroatoms. The first-order chi connectivity index (χ1) is 23.4. The molecule has 49 heavy (non-hydrogen) atoms. The molecule has 0 aromatic carbocycles. The summed E-state index contributed by atoms with van der Waals surface area (Å²) in [4.78, 5) is 53.1. The van der Waals surface area contributed by atoms with E-state index in [1.165, 1.54) is 13.1 Å². The number of piperazine rings is 1. The van der Waals surface area contributed by atoms with Crippen LogP contribution in [0.3, 0.4) is 0 Å². The molecule has 5 rings (SSSR count). The van der Waals surface area contributed by atoms with Gasteiger partial charge in [-0.3, -0.25) is 19.8 Å². The van der Waals surface area contributed by atoms with Gasteiger partial charge < -0.3 is 25.3 Å². The van der Waals surface area contributed by atoms with Crippen LogP contribution in [0.15, 0.2) is 36.7 Å². The highest BCUT2D eigenvalue weighted by molar-refractivity contribution is 5.91. The lowest BCUT2D eigenvalue weighted by Crippen LogP contribution is -2.50. The number of halogens is 3. The largest absolute Gasteiger partial charge is 0.417 e. The van der Waals surface area contributed by atoms with Crippen molar-refractivity contribution in [3.05, 3.63) is 47.8 Å². The summed E-state index contributed by atoms with van der Waals surface area (Å²) in [6.07, 6.45) is 4.16. The topological polar surface area (TPSA) is 143 Å². The molecule has 0 saturated carbocycles. The van der Waals surface area contributed by atoms with Gasteiger partial charge in [0.1, 0.15) is 11.3 Å². The van der Waals surface area contributed by atoms with E-state index in [1.54, 1.807) is 21.7 Å². The lowest BCUT2D eigenvalue weighted by Gasteiger charge is -2.34. The number of urea groups is 1. The maximum absolute atomic E-state index is 14.3. The number of fused-ring (bicyclic) bond motifs is 1. The molecule has 3 N–H and O–H groups in total. The van der Waals surface area contributed by atoms with E-state index in [4.69, 9.17) is 0 Å². The van der Waals surface area contributed by atoms with Crippen molar-refractivity contribution in [3.63, 3.8) is 0 Å². The standard InChI is InChI=1S/C32H42F3N11O3/c1-36-31(49)39-26-17-24(32(33,34)35)23(18-37-26)29-40-30(45-10-5-4-6-11-45)25-16-22(21-46(25)41-29)20-43-12-14-44(15-13-43)28(48)19-38-27(47)8-7-9-42(2)3/h7-8,16-18,21H,4-6,9-15,19-20H2,1-3H3,(H,38,47)(H2,36,37,39,49)/b8-7+. The fraction of sp³-hybridized carbons (Fsp3) is 0.500. The van der Waals surface area contributed by atoms with E-state index in [-0.39, 0.29) is 35.6 Å². The molecule has 3 aromatic heterocycles. The normalized spacial score (nSPS) is 16.1. The van der Waals surface area contributed by atoms with Gasteiger partial charge in [0.25, 0.3) is 0 Å². The molecule has 5 heterocycles. The highest BCUT2D eigenvalue weighted by Crippen LogP contribution is 2.38. The van der Waals surface area contributed by atoms with Crippen LogP contribution in [0.5, 0.6) is 0 Å². The number of aromatic nitrogens is 4. The number of hydrogen-bond acceptors (Lipinski definition) is 9. The second-order valence-electron chi connectivity index (χ2n) is 12.3. The molecule has 2 fully saturated rings. The van der Waals surface area contributed by atoms with Crippen LogP contribution < -0.4 is 20.9 Å². The maximum atomic E-state index is 14.3. The zero-order valence-electron chi connectivity index (χ0n) is 27.9. The number of hydrogen-bond donors (Lipinski definition) is 3. The van der Waals surface area contributed by atoms with E-state index in [1.807, 2.05) is 25.1 Å². The highest BCUT2D eigenvalue weighted by atomic mass is 19.4. The van der Waals surface area contributed by atoms with Crippen molar-refractivity contribution in [2.24, 2.45) is 0 Å². The fourth-order valence-electron chi connectivity index (χ4n) is 5.81. The third kappa shape index (κ3) is 9.23. The number of amides is 4. The third-order valence-electron chi connectivity index (χ3n) is 8.36. The fourth-order valence-corrected chi connectivity index (χ4v) is 5.81. The van der Waals surface area contributed by atoms with Gasteiger partial charge in [-0.1, -0.05) is 6.08 Å². The van der Waals surface area contributed by atoms with Gasteiger partial charge in [-0.05, 0) is 51.1 Å². The maximum Gasteiger partial charge on any atom is 0.417 e. The Kier molecular flexibility index (Phi) is 11.3. The van der Waals surface area contributed by atoms with Crippen LogP contribution in [0, 0.1) is 0 Å². The number of alkyl halides is 3. The second-order valence-corrected chi connectivity index (χ2v) is 12.3. The minimum Gasteiger partial charge on any atom is -0.355 e. The average Bonchev–Trinajstić information content (AvgIpc) is 3.49. The van der Waals surface area contributed by atoms with Crippen molar-refractivity contribution in [3.8, 4) is 11.4 Å². The summed E-state index contributed by atoms with van der Waals surface area (Å²) in [5, 5.41) is 11.7. The van der Waals surface area contributed by atoms with E-state index in [9.17, 15) is 27.6 Å². The van der Waals surface area contributed by atoms with E-state index in [0.717, 1.165) is 50.2 Å². The van der Waals surface area contributed by atoms with Crippen LogP contribution in [0.1, 0.15) is 30.4 Å². The van der Waals surface area contributed by atoms with Gasteiger partial charge in [0.05, 0.1) is 17.7 Å². The Hall–Kier alpha value is -4.77. The van der Waals surface area contributed by atoms with Gasteiger partial charge in [-0.15, -0.1) is 5.10 Å². The van der Waals surface area contributed by atoms with Gasteiger partial charge in [0.15, 0.2) is 11.6 Å². The van der Waals surface area contributed by atoms with E-state index >= 15 is 0 Å². The van der Waals surface area contributed by atoms with Gasteiger partial charge in [0.2, 0.25) is 11.8 Å². The quantitative estimate of drug-likeness (QED) is 0.274. The zero-order valence-corrected chi connectivity index (χ0v) is 27.9. The summed E-state index contributed by atoms with van der Waals surface area (Å²) in [5.41, 5.74) is 0.273. The van der Waals surface area contributed by atoms with E-state index in [2.05, 4.69) is 40.8 Å². The number of rotatable bonds is 10. The van der Waals surface area contributed by atoms with Crippen molar-refractivity contribution >= 4 is 35.0 Å². The Bertz CT molecular complexity index is 1680. The molecule has 2 aliphatic heterocycles. The summed E-state index contributed by atoms with van der Waals surface area (Å²) >= 11 is 0. The van der Waals surface area contributed by atoms with Crippen LogP contribution in [0.2, 0.25) is 0 Å². The molecule has 0 aliphatic carbocycles. The smallest absolute Gasteiger partial charge is 0.355 e. The van der Waals surface area contributed by atoms with Gasteiger partial charge in [0, 0.05) is 77.9 Å². The van der Waals surface area contributed by atoms with Gasteiger partial charge in [-0.25, -0.2) is 19.3 Å². The summed E-state index contributed by atoms with van der Waals surface area (Å²) in [6, 6.07) is 2.05. The zero-order chi connectivity index (χ0) is 35.1. The van der Waals surface area contributed by atoms with E-state index < -0.39 is 17.8 Å². The molecule has 0 unspecified atom stereocenters. The third-order valence-corrected chi connectivity index (χ3v) is 8.36. The molecule has 3 aromatic rings. The Morgan fingerprint density at radius 2 is 1.76 bits per heavy atom. The second kappa shape index (κ2) is 15.6. The Morgan fingerprint density at radius 3 is 2.43 bits per heavy atom. The molecule has 14 nitrogen and oxygen atoms in total. The molecule has 4 amide bonds. The van der Waals surface area contributed by atoms with Crippen LogP contribution in [-0.4, -0.2) is 126 Å². The number of nitrogens with zero attached hydrogens (tertiary/aromatic N) is 8. The SMILES string of the molecule is CNC(=O)Nc1cc(C(F)(F)F)c(-c2nc(N3CCCCC3)c3cc(CN4CCN(C(=O)CNC(=O)/C=C/CN(C)C)CC4)cn3n2)cn1. The van der Waals surface area contributed by atoms with Crippen molar-refractivity contribution in [2.75, 3.05) is 83.7 Å². The molecule has 2 aliphatic rings. The molecule has 0 spiro atoms. The number of carbonyl (C=O) groups is 3. The molecular formula is C32H42F3N11O3. The van der Waals surface area contributed by atoms with Crippen molar-refractivity contribution in [1.29, 1.82) is 0 Å².